The molecule has 0 N–H and O–H groups in total. The maximum Gasteiger partial charge on any atom is 0.325 e. The largest absolute Gasteiger partial charge is 0.462 e. The molecule has 0 unspecified atom stereocenters. The molecule has 0 spiro atoms. The minimum Gasteiger partial charge on any atom is -0.462 e. The van der Waals surface area contributed by atoms with Gasteiger partial charge in [0.2, 0.25) is 5.43 Å². The number of ether oxygens (including phenoxy) is 1. The van der Waals surface area contributed by atoms with Crippen LogP contribution >= 0.6 is 45.2 Å². The van der Waals surface area contributed by atoms with Gasteiger partial charge < -0.3 is 9.30 Å². The third-order valence-corrected chi connectivity index (χ3v) is 3.98. The smallest absolute Gasteiger partial charge is 0.325 e. The molecular weight excluding hydrogens is 488 g/mol. The van der Waals surface area contributed by atoms with Crippen LogP contribution in [0.1, 0.15) is 0 Å². The van der Waals surface area contributed by atoms with E-state index in [0.29, 0.717) is 13.7 Å². The highest BCUT2D eigenvalue weighted by atomic mass is 127. The Morgan fingerprint density at radius 1 is 1.30 bits per heavy atom. The zero-order valence-corrected chi connectivity index (χ0v) is 14.6. The number of carbonyl (C=O) groups excluding carboxylic acids is 1. The Kier molecular flexibility index (Phi) is 5.57. The molecule has 0 aliphatic carbocycles. The van der Waals surface area contributed by atoms with Crippen LogP contribution in [-0.2, 0) is 22.6 Å². The fraction of sp³-hybridized carbons (Fsp3) is 0.250. The normalized spacial score (nSPS) is 10.5. The van der Waals surface area contributed by atoms with Crippen molar-refractivity contribution in [2.75, 3.05) is 6.61 Å². The Bertz CT molecular complexity index is 626. The van der Waals surface area contributed by atoms with E-state index >= 15 is 0 Å². The maximum atomic E-state index is 11.7. The molecule has 8 heteroatoms. The van der Waals surface area contributed by atoms with E-state index in [4.69, 9.17) is 4.74 Å². The summed E-state index contributed by atoms with van der Waals surface area (Å²) in [5.74, 6) is -0.340. The molecular formula is C12H11I2N3O3. The molecule has 0 aliphatic heterocycles. The van der Waals surface area contributed by atoms with E-state index in [1.54, 1.807) is 34.0 Å². The van der Waals surface area contributed by atoms with Gasteiger partial charge in [-0.25, -0.2) is 0 Å². The van der Waals surface area contributed by atoms with Gasteiger partial charge in [-0.05, 0) is 51.2 Å². The van der Waals surface area contributed by atoms with Gasteiger partial charge >= 0.3 is 5.97 Å². The van der Waals surface area contributed by atoms with Gasteiger partial charge in [0, 0.05) is 24.8 Å². The summed E-state index contributed by atoms with van der Waals surface area (Å²) in [5.41, 5.74) is -0.0190. The summed E-state index contributed by atoms with van der Waals surface area (Å²) < 4.78 is 9.64. The Labute approximate surface area is 142 Å². The average Bonchev–Trinajstić information content (AvgIpc) is 2.89. The highest BCUT2D eigenvalue weighted by molar-refractivity contribution is 14.1. The topological polar surface area (TPSA) is 66.1 Å². The van der Waals surface area contributed by atoms with Crippen molar-refractivity contribution in [3.05, 3.63) is 48.2 Å². The monoisotopic (exact) mass is 499 g/mol. The Morgan fingerprint density at radius 2 is 2.00 bits per heavy atom. The Morgan fingerprint density at radius 3 is 2.60 bits per heavy atom. The molecule has 0 atom stereocenters. The van der Waals surface area contributed by atoms with Crippen LogP contribution in [0.15, 0.2) is 35.6 Å². The minimum atomic E-state index is -0.340. The molecule has 0 fully saturated rings. The van der Waals surface area contributed by atoms with Crippen LogP contribution in [0, 0.1) is 7.14 Å². The van der Waals surface area contributed by atoms with E-state index in [-0.39, 0.29) is 24.5 Å². The standard InChI is InChI=1S/C12H11I2N3O3/c13-9-6-16(7-10(14)12(9)19)8-11(18)20-5-4-17-3-1-2-15-17/h1-3,6-7H,4-5,8H2. The number of halogens is 2. The molecule has 0 amide bonds. The molecule has 0 aliphatic rings. The molecule has 0 radical (unpaired) electrons. The number of hydrogen-bond acceptors (Lipinski definition) is 4. The molecule has 2 rings (SSSR count). The van der Waals surface area contributed by atoms with Gasteiger partial charge in [-0.2, -0.15) is 5.10 Å². The van der Waals surface area contributed by atoms with Gasteiger partial charge in [0.15, 0.2) is 0 Å². The Balaban J connectivity index is 1.87. The van der Waals surface area contributed by atoms with Crippen molar-refractivity contribution < 1.29 is 9.53 Å². The fourth-order valence-electron chi connectivity index (χ4n) is 1.53. The Hall–Kier alpha value is -0.910. The number of rotatable bonds is 5. The summed E-state index contributed by atoms with van der Waals surface area (Å²) >= 11 is 3.91. The van der Waals surface area contributed by atoms with Gasteiger partial charge in [-0.15, -0.1) is 0 Å². The average molecular weight is 499 g/mol. The molecule has 0 saturated carbocycles. The predicted octanol–water partition coefficient (Wildman–Crippen LogP) is 1.50. The number of hydrogen-bond donors (Lipinski definition) is 0. The number of nitrogens with zero attached hydrogens (tertiary/aromatic N) is 3. The summed E-state index contributed by atoms with van der Waals surface area (Å²) in [4.78, 5) is 23.2. The van der Waals surface area contributed by atoms with Gasteiger partial charge in [0.1, 0.15) is 13.2 Å². The number of aromatic nitrogens is 3. The van der Waals surface area contributed by atoms with Gasteiger partial charge in [0.25, 0.3) is 0 Å². The van der Waals surface area contributed by atoms with Crippen molar-refractivity contribution in [1.29, 1.82) is 0 Å². The lowest BCUT2D eigenvalue weighted by Gasteiger charge is -2.08. The minimum absolute atomic E-state index is 0.0190. The summed E-state index contributed by atoms with van der Waals surface area (Å²) in [6.07, 6.45) is 6.76. The van der Waals surface area contributed by atoms with Crippen LogP contribution in [0.2, 0.25) is 0 Å². The first-order valence-electron chi connectivity index (χ1n) is 5.74. The summed E-state index contributed by atoms with van der Waals surface area (Å²) in [7, 11) is 0. The van der Waals surface area contributed by atoms with Crippen LogP contribution in [0.3, 0.4) is 0 Å². The van der Waals surface area contributed by atoms with E-state index in [1.165, 1.54) is 0 Å². The molecule has 0 saturated heterocycles. The van der Waals surface area contributed by atoms with E-state index in [2.05, 4.69) is 5.10 Å². The number of esters is 1. The lowest BCUT2D eigenvalue weighted by atomic mass is 10.4. The lowest BCUT2D eigenvalue weighted by molar-refractivity contribution is -0.144. The second kappa shape index (κ2) is 7.20. The van der Waals surface area contributed by atoms with Crippen LogP contribution in [-0.4, -0.2) is 26.9 Å². The number of carbonyl (C=O) groups is 1. The van der Waals surface area contributed by atoms with Gasteiger partial charge in [0.05, 0.1) is 13.7 Å². The zero-order chi connectivity index (χ0) is 14.5. The summed E-state index contributed by atoms with van der Waals surface area (Å²) in [6.45, 7) is 0.887. The van der Waals surface area contributed by atoms with Crippen molar-refractivity contribution >= 4 is 51.2 Å². The molecule has 0 aromatic carbocycles. The van der Waals surface area contributed by atoms with Crippen molar-refractivity contribution in [1.82, 2.24) is 14.3 Å². The first-order valence-corrected chi connectivity index (χ1v) is 7.90. The molecule has 0 bridgehead atoms. The number of pyridine rings is 1. The van der Waals surface area contributed by atoms with E-state index in [9.17, 15) is 9.59 Å². The van der Waals surface area contributed by atoms with E-state index in [1.807, 2.05) is 51.2 Å². The SMILES string of the molecule is O=C(Cn1cc(I)c(=O)c(I)c1)OCCn1cccn1. The van der Waals surface area contributed by atoms with Crippen molar-refractivity contribution in [3.8, 4) is 0 Å². The molecule has 20 heavy (non-hydrogen) atoms. The molecule has 2 aromatic heterocycles. The van der Waals surface area contributed by atoms with Crippen molar-refractivity contribution in [2.45, 2.75) is 13.1 Å². The molecule has 2 aromatic rings. The molecule has 106 valence electrons. The second-order valence-electron chi connectivity index (χ2n) is 3.95. The second-order valence-corrected chi connectivity index (χ2v) is 6.27. The summed E-state index contributed by atoms with van der Waals surface area (Å²) in [6, 6.07) is 1.81. The van der Waals surface area contributed by atoms with E-state index < -0.39 is 0 Å². The first-order chi connectivity index (χ1) is 9.56. The van der Waals surface area contributed by atoms with Crippen LogP contribution < -0.4 is 5.43 Å². The van der Waals surface area contributed by atoms with Crippen LogP contribution in [0.4, 0.5) is 0 Å². The van der Waals surface area contributed by atoms with Gasteiger partial charge in [-0.1, -0.05) is 0 Å². The van der Waals surface area contributed by atoms with Crippen molar-refractivity contribution in [3.63, 3.8) is 0 Å². The van der Waals surface area contributed by atoms with Gasteiger partial charge in [-0.3, -0.25) is 14.3 Å². The lowest BCUT2D eigenvalue weighted by Crippen LogP contribution is -2.20. The third-order valence-electron chi connectivity index (χ3n) is 2.45. The summed E-state index contributed by atoms with van der Waals surface area (Å²) in [5, 5.41) is 4.01. The fourth-order valence-corrected chi connectivity index (χ4v) is 3.34. The predicted molar refractivity (Wildman–Crippen MR) is 89.3 cm³/mol. The quantitative estimate of drug-likeness (QED) is 0.463. The van der Waals surface area contributed by atoms with E-state index in [0.717, 1.165) is 0 Å². The molecule has 2 heterocycles. The highest BCUT2D eigenvalue weighted by Gasteiger charge is 2.07. The third kappa shape index (κ3) is 4.30. The molecule has 6 nitrogen and oxygen atoms in total. The zero-order valence-electron chi connectivity index (χ0n) is 10.3. The van der Waals surface area contributed by atoms with Crippen molar-refractivity contribution in [2.24, 2.45) is 0 Å². The maximum absolute atomic E-state index is 11.7. The highest BCUT2D eigenvalue weighted by Crippen LogP contribution is 2.04. The first kappa shape index (κ1) is 15.5. The van der Waals surface area contributed by atoms with Crippen LogP contribution in [0.25, 0.3) is 0 Å². The van der Waals surface area contributed by atoms with Crippen LogP contribution in [0.5, 0.6) is 0 Å².